The number of Topliss-reactive ketones (excluding diaryl/α,β-unsaturated/α-hetero) is 1. The molecule has 0 saturated carbocycles. The van der Waals surface area contributed by atoms with Gasteiger partial charge in [-0.05, 0) is 32.0 Å². The molecule has 1 aliphatic rings. The summed E-state index contributed by atoms with van der Waals surface area (Å²) in [6.07, 6.45) is 0. The van der Waals surface area contributed by atoms with E-state index < -0.39 is 40.6 Å². The number of methoxy groups -OCH3 is 1. The Kier molecular flexibility index (Phi) is 5.75. The maximum Gasteiger partial charge on any atom is 0.326 e. The van der Waals surface area contributed by atoms with Gasteiger partial charge in [0.1, 0.15) is 11.3 Å². The Hall–Kier alpha value is -2.61. The van der Waals surface area contributed by atoms with E-state index in [1.807, 2.05) is 0 Å². The number of nitrogens with one attached hydrogen (secondary N) is 2. The number of hydrogen-bond acceptors (Lipinski definition) is 5. The number of halogens is 1. The number of rotatable bonds is 5. The standard InChI is InChI=1S/C19H24ClN3O5/c1-18(2,3)14(24)13(23-16(26)19(4,5)22-17(23)27)15(25)21-11-9-10(20)7-8-12(11)28-6/h7-9,13H,1-6H3,(H,21,25)(H,22,27). The van der Waals surface area contributed by atoms with Crippen LogP contribution in [0.15, 0.2) is 18.2 Å². The van der Waals surface area contributed by atoms with Crippen LogP contribution in [0.1, 0.15) is 34.6 Å². The molecule has 4 amide bonds. The summed E-state index contributed by atoms with van der Waals surface area (Å²) in [4.78, 5) is 51.9. The minimum atomic E-state index is -1.64. The summed E-state index contributed by atoms with van der Waals surface area (Å²) in [6, 6.07) is 2.14. The monoisotopic (exact) mass is 409 g/mol. The van der Waals surface area contributed by atoms with Gasteiger partial charge >= 0.3 is 6.03 Å². The third kappa shape index (κ3) is 4.11. The molecule has 1 unspecified atom stereocenters. The number of amides is 4. The number of ketones is 1. The van der Waals surface area contributed by atoms with Crippen LogP contribution in [0.4, 0.5) is 10.5 Å². The maximum absolute atomic E-state index is 13.1. The van der Waals surface area contributed by atoms with E-state index in [2.05, 4.69) is 10.6 Å². The van der Waals surface area contributed by atoms with Gasteiger partial charge in [0.2, 0.25) is 0 Å². The van der Waals surface area contributed by atoms with E-state index >= 15 is 0 Å². The summed E-state index contributed by atoms with van der Waals surface area (Å²) in [5, 5.41) is 5.39. The normalized spacial score (nSPS) is 17.2. The highest BCUT2D eigenvalue weighted by molar-refractivity contribution is 6.31. The summed E-state index contributed by atoms with van der Waals surface area (Å²) in [7, 11) is 1.41. The average molecular weight is 410 g/mol. The Bertz CT molecular complexity index is 844. The van der Waals surface area contributed by atoms with Gasteiger partial charge in [-0.3, -0.25) is 14.4 Å². The van der Waals surface area contributed by atoms with E-state index in [0.717, 1.165) is 0 Å². The van der Waals surface area contributed by atoms with Crippen LogP contribution in [0.2, 0.25) is 5.02 Å². The molecule has 1 heterocycles. The molecule has 28 heavy (non-hydrogen) atoms. The topological polar surface area (TPSA) is 105 Å². The molecule has 1 aliphatic heterocycles. The highest BCUT2D eigenvalue weighted by atomic mass is 35.5. The fraction of sp³-hybridized carbons (Fsp3) is 0.474. The number of ether oxygens (including phenoxy) is 1. The summed E-state index contributed by atoms with van der Waals surface area (Å²) in [6.45, 7) is 7.84. The van der Waals surface area contributed by atoms with Crippen molar-refractivity contribution in [2.45, 2.75) is 46.2 Å². The molecule has 0 aliphatic carbocycles. The molecule has 0 bridgehead atoms. The van der Waals surface area contributed by atoms with Gasteiger partial charge in [0.05, 0.1) is 12.8 Å². The van der Waals surface area contributed by atoms with Crippen LogP contribution >= 0.6 is 11.6 Å². The van der Waals surface area contributed by atoms with E-state index in [1.165, 1.54) is 27.0 Å². The van der Waals surface area contributed by atoms with Gasteiger partial charge in [-0.25, -0.2) is 9.69 Å². The second-order valence-electron chi connectivity index (χ2n) is 8.08. The van der Waals surface area contributed by atoms with Gasteiger partial charge in [-0.2, -0.15) is 0 Å². The quantitative estimate of drug-likeness (QED) is 0.574. The van der Waals surface area contributed by atoms with Crippen LogP contribution in [0.25, 0.3) is 0 Å². The Labute approximate surface area is 168 Å². The molecule has 0 aromatic heterocycles. The highest BCUT2D eigenvalue weighted by Crippen LogP contribution is 2.30. The zero-order valence-corrected chi connectivity index (χ0v) is 17.4. The molecule has 2 rings (SSSR count). The van der Waals surface area contributed by atoms with Gasteiger partial charge in [0.25, 0.3) is 11.8 Å². The zero-order chi connectivity index (χ0) is 21.4. The van der Waals surface area contributed by atoms with Crippen LogP contribution in [-0.4, -0.2) is 47.2 Å². The van der Waals surface area contributed by atoms with E-state index in [0.29, 0.717) is 15.7 Å². The lowest BCUT2D eigenvalue weighted by atomic mass is 9.85. The minimum Gasteiger partial charge on any atom is -0.495 e. The molecule has 2 N–H and O–H groups in total. The number of imide groups is 1. The van der Waals surface area contributed by atoms with E-state index in [4.69, 9.17) is 16.3 Å². The number of carbonyl (C=O) groups is 4. The van der Waals surface area contributed by atoms with Gasteiger partial charge < -0.3 is 15.4 Å². The molecule has 8 nitrogen and oxygen atoms in total. The van der Waals surface area contributed by atoms with Crippen LogP contribution in [-0.2, 0) is 14.4 Å². The van der Waals surface area contributed by atoms with E-state index in [9.17, 15) is 19.2 Å². The number of carbonyl (C=O) groups excluding carboxylic acids is 4. The number of hydrogen-bond donors (Lipinski definition) is 2. The SMILES string of the molecule is COc1ccc(Cl)cc1NC(=O)C(C(=O)C(C)(C)C)N1C(=O)NC(C)(C)C1=O. The molecule has 1 atom stereocenters. The van der Waals surface area contributed by atoms with Crippen molar-refractivity contribution >= 4 is 40.9 Å². The van der Waals surface area contributed by atoms with Crippen molar-refractivity contribution in [3.05, 3.63) is 23.2 Å². The number of anilines is 1. The summed E-state index contributed by atoms with van der Waals surface area (Å²) in [5.74, 6) is -1.75. The van der Waals surface area contributed by atoms with Crippen molar-refractivity contribution in [1.29, 1.82) is 0 Å². The first kappa shape index (κ1) is 21.7. The van der Waals surface area contributed by atoms with Crippen molar-refractivity contribution in [1.82, 2.24) is 10.2 Å². The zero-order valence-electron chi connectivity index (χ0n) is 16.7. The van der Waals surface area contributed by atoms with Crippen molar-refractivity contribution in [3.8, 4) is 5.75 Å². The second kappa shape index (κ2) is 7.43. The Morgan fingerprint density at radius 3 is 2.32 bits per heavy atom. The first-order valence-electron chi connectivity index (χ1n) is 8.64. The largest absolute Gasteiger partial charge is 0.495 e. The molecule has 1 aromatic rings. The van der Waals surface area contributed by atoms with E-state index in [-0.39, 0.29) is 5.69 Å². The van der Waals surface area contributed by atoms with E-state index in [1.54, 1.807) is 32.9 Å². The third-order valence-electron chi connectivity index (χ3n) is 4.31. The fourth-order valence-electron chi connectivity index (χ4n) is 2.75. The molecule has 9 heteroatoms. The Morgan fingerprint density at radius 2 is 1.86 bits per heavy atom. The van der Waals surface area contributed by atoms with Crippen molar-refractivity contribution < 1.29 is 23.9 Å². The second-order valence-corrected chi connectivity index (χ2v) is 8.52. The van der Waals surface area contributed by atoms with Gasteiger partial charge in [-0.15, -0.1) is 0 Å². The van der Waals surface area contributed by atoms with Crippen LogP contribution in [0.5, 0.6) is 5.75 Å². The van der Waals surface area contributed by atoms with Gasteiger partial charge in [-0.1, -0.05) is 32.4 Å². The molecule has 152 valence electrons. The lowest BCUT2D eigenvalue weighted by Crippen LogP contribution is -2.55. The molecule has 0 spiro atoms. The lowest BCUT2D eigenvalue weighted by molar-refractivity contribution is -0.144. The van der Waals surface area contributed by atoms with Crippen LogP contribution < -0.4 is 15.4 Å². The lowest BCUT2D eigenvalue weighted by Gasteiger charge is -2.29. The first-order valence-corrected chi connectivity index (χ1v) is 9.02. The molecule has 0 radical (unpaired) electrons. The number of benzene rings is 1. The number of urea groups is 1. The molecule has 1 aromatic carbocycles. The summed E-state index contributed by atoms with van der Waals surface area (Å²) < 4.78 is 5.19. The van der Waals surface area contributed by atoms with Gasteiger partial charge in [0, 0.05) is 10.4 Å². The van der Waals surface area contributed by atoms with Crippen molar-refractivity contribution in [2.24, 2.45) is 5.41 Å². The summed E-state index contributed by atoms with van der Waals surface area (Å²) >= 11 is 5.98. The Balaban J connectivity index is 2.47. The predicted octanol–water partition coefficient (Wildman–Crippen LogP) is 2.60. The van der Waals surface area contributed by atoms with Gasteiger partial charge in [0.15, 0.2) is 11.8 Å². The summed E-state index contributed by atoms with van der Waals surface area (Å²) in [5.41, 5.74) is -1.98. The highest BCUT2D eigenvalue weighted by Gasteiger charge is 2.53. The fourth-order valence-corrected chi connectivity index (χ4v) is 2.92. The molecular weight excluding hydrogens is 386 g/mol. The third-order valence-corrected chi connectivity index (χ3v) is 4.54. The molecule has 1 fully saturated rings. The average Bonchev–Trinajstić information content (AvgIpc) is 2.76. The van der Waals surface area contributed by atoms with Crippen molar-refractivity contribution in [2.75, 3.05) is 12.4 Å². The van der Waals surface area contributed by atoms with Crippen molar-refractivity contribution in [3.63, 3.8) is 0 Å². The molecular formula is C19H24ClN3O5. The predicted molar refractivity (Wildman–Crippen MR) is 104 cm³/mol. The van der Waals surface area contributed by atoms with Crippen LogP contribution in [0.3, 0.4) is 0 Å². The van der Waals surface area contributed by atoms with Crippen LogP contribution in [0, 0.1) is 5.41 Å². The minimum absolute atomic E-state index is 0.220. The smallest absolute Gasteiger partial charge is 0.326 e. The molecule has 1 saturated heterocycles. The Morgan fingerprint density at radius 1 is 1.25 bits per heavy atom. The first-order chi connectivity index (χ1) is 12.8. The maximum atomic E-state index is 13.1. The number of nitrogens with zero attached hydrogens (tertiary/aromatic N) is 1.